The number of esters is 2. The molecule has 4 nitrogen and oxygen atoms in total. The lowest BCUT2D eigenvalue weighted by atomic mass is 9.73. The molecule has 1 heterocycles. The maximum atomic E-state index is 11.7. The van der Waals surface area contributed by atoms with Crippen molar-refractivity contribution < 1.29 is 19.1 Å². The van der Waals surface area contributed by atoms with Crippen molar-refractivity contribution in [3.63, 3.8) is 0 Å². The van der Waals surface area contributed by atoms with Crippen molar-refractivity contribution in [2.24, 2.45) is 23.7 Å². The Morgan fingerprint density at radius 2 is 2.28 bits per heavy atom. The molecule has 1 saturated heterocycles. The van der Waals surface area contributed by atoms with E-state index in [1.807, 2.05) is 6.92 Å². The summed E-state index contributed by atoms with van der Waals surface area (Å²) in [4.78, 5) is 23.4. The summed E-state index contributed by atoms with van der Waals surface area (Å²) < 4.78 is 10.8. The topological polar surface area (TPSA) is 52.6 Å². The molecule has 0 spiro atoms. The van der Waals surface area contributed by atoms with Crippen molar-refractivity contribution in [1.29, 1.82) is 0 Å². The van der Waals surface area contributed by atoms with Gasteiger partial charge in [0.1, 0.15) is 5.60 Å². The Labute approximate surface area is 106 Å². The molecular formula is C14H18O4. The van der Waals surface area contributed by atoms with E-state index in [0.29, 0.717) is 18.1 Å². The fourth-order valence-corrected chi connectivity index (χ4v) is 4.11. The minimum Gasteiger partial charge on any atom is -0.465 e. The molecule has 0 radical (unpaired) electrons. The molecule has 0 aromatic rings. The fraction of sp³-hybridized carbons (Fsp3) is 0.714. The molecule has 98 valence electrons. The predicted molar refractivity (Wildman–Crippen MR) is 63.5 cm³/mol. The third-order valence-corrected chi connectivity index (χ3v) is 4.86. The minimum atomic E-state index is -0.449. The van der Waals surface area contributed by atoms with Gasteiger partial charge in [0.25, 0.3) is 0 Å². The Morgan fingerprint density at radius 1 is 1.56 bits per heavy atom. The average Bonchev–Trinajstić information content (AvgIpc) is 2.89. The Hall–Kier alpha value is -1.32. The van der Waals surface area contributed by atoms with E-state index in [0.717, 1.165) is 12.8 Å². The number of carbonyl (C=O) groups is 2. The highest BCUT2D eigenvalue weighted by Gasteiger charge is 2.64. The van der Waals surface area contributed by atoms with Crippen LogP contribution in [0.2, 0.25) is 0 Å². The van der Waals surface area contributed by atoms with Gasteiger partial charge in [-0.15, -0.1) is 0 Å². The Bertz CT molecular complexity index is 441. The molecule has 3 aliphatic rings. The number of ether oxygens (including phenoxy) is 2. The van der Waals surface area contributed by atoms with E-state index in [2.05, 4.69) is 6.58 Å². The van der Waals surface area contributed by atoms with Gasteiger partial charge in [0, 0.05) is 17.4 Å². The molecule has 3 fully saturated rings. The minimum absolute atomic E-state index is 0.0478. The van der Waals surface area contributed by atoms with Crippen molar-refractivity contribution in [2.75, 3.05) is 6.61 Å². The predicted octanol–water partition coefficient (Wildman–Crippen LogP) is 1.69. The van der Waals surface area contributed by atoms with Crippen LogP contribution in [0.25, 0.3) is 0 Å². The summed E-state index contributed by atoms with van der Waals surface area (Å²) in [5, 5.41) is 0. The average molecular weight is 250 g/mol. The molecule has 1 aliphatic heterocycles. The second kappa shape index (κ2) is 3.59. The van der Waals surface area contributed by atoms with Gasteiger partial charge in [-0.25, -0.2) is 4.79 Å². The zero-order chi connectivity index (χ0) is 13.1. The van der Waals surface area contributed by atoms with E-state index in [4.69, 9.17) is 9.47 Å². The summed E-state index contributed by atoms with van der Waals surface area (Å²) in [7, 11) is 0. The number of fused-ring (bicyclic) bond motifs is 5. The molecule has 4 heteroatoms. The Balaban J connectivity index is 1.80. The van der Waals surface area contributed by atoms with Gasteiger partial charge in [-0.3, -0.25) is 4.79 Å². The highest BCUT2D eigenvalue weighted by Crippen LogP contribution is 2.60. The molecule has 2 saturated carbocycles. The van der Waals surface area contributed by atoms with Crippen LogP contribution in [0.3, 0.4) is 0 Å². The van der Waals surface area contributed by atoms with Gasteiger partial charge in [0.2, 0.25) is 0 Å². The molecule has 18 heavy (non-hydrogen) atoms. The van der Waals surface area contributed by atoms with Crippen LogP contribution in [-0.4, -0.2) is 24.1 Å². The first-order valence-electron chi connectivity index (χ1n) is 6.48. The molecule has 0 amide bonds. The molecule has 2 aliphatic carbocycles. The first-order chi connectivity index (χ1) is 8.42. The van der Waals surface area contributed by atoms with Gasteiger partial charge in [-0.05, 0) is 32.6 Å². The highest BCUT2D eigenvalue weighted by molar-refractivity contribution is 5.87. The van der Waals surface area contributed by atoms with E-state index >= 15 is 0 Å². The zero-order valence-electron chi connectivity index (χ0n) is 10.8. The van der Waals surface area contributed by atoms with E-state index in [1.165, 1.54) is 0 Å². The zero-order valence-corrected chi connectivity index (χ0v) is 10.8. The van der Waals surface area contributed by atoms with Crippen molar-refractivity contribution in [3.05, 3.63) is 12.2 Å². The number of carbonyl (C=O) groups excluding carboxylic acids is 2. The van der Waals surface area contributed by atoms with Gasteiger partial charge in [0.05, 0.1) is 12.5 Å². The van der Waals surface area contributed by atoms with Gasteiger partial charge in [-0.2, -0.15) is 0 Å². The maximum Gasteiger partial charge on any atom is 0.333 e. The van der Waals surface area contributed by atoms with Crippen LogP contribution in [-0.2, 0) is 19.1 Å². The lowest BCUT2D eigenvalue weighted by Gasteiger charge is -2.37. The van der Waals surface area contributed by atoms with Crippen molar-refractivity contribution in [2.45, 2.75) is 32.3 Å². The second-order valence-electron chi connectivity index (χ2n) is 6.11. The fourth-order valence-electron chi connectivity index (χ4n) is 4.11. The SMILES string of the molecule is C=C(C)C(=O)OC1(C)CC2CC1C1COC(=O)C21. The summed E-state index contributed by atoms with van der Waals surface area (Å²) in [6, 6.07) is 0. The molecule has 2 bridgehead atoms. The summed E-state index contributed by atoms with van der Waals surface area (Å²) in [6.45, 7) is 7.75. The third kappa shape index (κ3) is 1.44. The number of hydrogen-bond donors (Lipinski definition) is 0. The number of hydrogen-bond acceptors (Lipinski definition) is 4. The molecule has 3 rings (SSSR count). The van der Waals surface area contributed by atoms with Crippen LogP contribution in [0.5, 0.6) is 0 Å². The maximum absolute atomic E-state index is 11.7. The summed E-state index contributed by atoms with van der Waals surface area (Å²) in [6.07, 6.45) is 1.75. The summed E-state index contributed by atoms with van der Waals surface area (Å²) in [5.41, 5.74) is -0.0233. The number of cyclic esters (lactones) is 1. The molecule has 5 unspecified atom stereocenters. The molecule has 0 aromatic heterocycles. The van der Waals surface area contributed by atoms with Gasteiger partial charge in [-0.1, -0.05) is 6.58 Å². The second-order valence-corrected chi connectivity index (χ2v) is 6.11. The quantitative estimate of drug-likeness (QED) is 0.553. The van der Waals surface area contributed by atoms with Crippen LogP contribution >= 0.6 is 0 Å². The largest absolute Gasteiger partial charge is 0.465 e. The van der Waals surface area contributed by atoms with Crippen LogP contribution in [0, 0.1) is 23.7 Å². The van der Waals surface area contributed by atoms with Crippen molar-refractivity contribution in [1.82, 2.24) is 0 Å². The van der Waals surface area contributed by atoms with Gasteiger partial charge < -0.3 is 9.47 Å². The molecule has 0 N–H and O–H groups in total. The smallest absolute Gasteiger partial charge is 0.333 e. The lowest BCUT2D eigenvalue weighted by Crippen LogP contribution is -2.44. The normalized spacial score (nSPS) is 44.7. The van der Waals surface area contributed by atoms with Crippen LogP contribution < -0.4 is 0 Å². The third-order valence-electron chi connectivity index (χ3n) is 4.86. The van der Waals surface area contributed by atoms with Crippen molar-refractivity contribution in [3.8, 4) is 0 Å². The van der Waals surface area contributed by atoms with Gasteiger partial charge in [0.15, 0.2) is 0 Å². The van der Waals surface area contributed by atoms with Crippen LogP contribution in [0.15, 0.2) is 12.2 Å². The summed E-state index contributed by atoms with van der Waals surface area (Å²) in [5.74, 6) is 0.471. The first kappa shape index (κ1) is 11.8. The van der Waals surface area contributed by atoms with E-state index in [1.54, 1.807) is 6.92 Å². The van der Waals surface area contributed by atoms with Crippen molar-refractivity contribution >= 4 is 11.9 Å². The van der Waals surface area contributed by atoms with E-state index < -0.39 is 5.60 Å². The molecule has 5 atom stereocenters. The Kier molecular flexibility index (Phi) is 2.34. The first-order valence-corrected chi connectivity index (χ1v) is 6.48. The monoisotopic (exact) mass is 250 g/mol. The molecular weight excluding hydrogens is 232 g/mol. The van der Waals surface area contributed by atoms with E-state index in [9.17, 15) is 9.59 Å². The lowest BCUT2D eigenvalue weighted by molar-refractivity contribution is -0.161. The highest BCUT2D eigenvalue weighted by atomic mass is 16.6. The Morgan fingerprint density at radius 3 is 2.94 bits per heavy atom. The van der Waals surface area contributed by atoms with Crippen LogP contribution in [0.1, 0.15) is 26.7 Å². The standard InChI is InChI=1S/C14H18O4/c1-7(2)12(15)18-14(3)5-8-4-10(14)9-6-17-13(16)11(8)9/h8-11H,1,4-6H2,2-3H3. The summed E-state index contributed by atoms with van der Waals surface area (Å²) >= 11 is 0. The van der Waals surface area contributed by atoms with E-state index in [-0.39, 0.29) is 29.7 Å². The van der Waals surface area contributed by atoms with Gasteiger partial charge >= 0.3 is 11.9 Å². The number of rotatable bonds is 2. The molecule has 0 aromatic carbocycles. The van der Waals surface area contributed by atoms with Crippen LogP contribution in [0.4, 0.5) is 0 Å².